The zero-order chi connectivity index (χ0) is 16.2. The molecule has 8 heteroatoms. The fourth-order valence-corrected chi connectivity index (χ4v) is 2.43. The molecule has 3 rings (SSSR count). The second-order valence-electron chi connectivity index (χ2n) is 4.78. The van der Waals surface area contributed by atoms with Crippen molar-refractivity contribution in [3.05, 3.63) is 34.9 Å². The number of fused-ring (bicyclic) bond motifs is 1. The number of methoxy groups -OCH3 is 1. The summed E-state index contributed by atoms with van der Waals surface area (Å²) in [6.07, 6.45) is 1.91. The van der Waals surface area contributed by atoms with Gasteiger partial charge in [0.1, 0.15) is 24.1 Å². The van der Waals surface area contributed by atoms with Gasteiger partial charge in [-0.3, -0.25) is 0 Å². The van der Waals surface area contributed by atoms with E-state index < -0.39 is 5.82 Å². The van der Waals surface area contributed by atoms with Crippen LogP contribution in [0.15, 0.2) is 18.3 Å². The monoisotopic (exact) mass is 339 g/mol. The molecule has 122 valence electrons. The zero-order valence-electron chi connectivity index (χ0n) is 12.4. The second kappa shape index (κ2) is 6.87. The van der Waals surface area contributed by atoms with E-state index in [2.05, 4.69) is 15.3 Å². The lowest BCUT2D eigenvalue weighted by Crippen LogP contribution is -2.18. The van der Waals surface area contributed by atoms with Crippen LogP contribution in [0.25, 0.3) is 0 Å². The van der Waals surface area contributed by atoms with E-state index >= 15 is 0 Å². The Balaban J connectivity index is 1.76. The first-order valence-corrected chi connectivity index (χ1v) is 7.44. The fourth-order valence-electron chi connectivity index (χ4n) is 2.30. The minimum Gasteiger partial charge on any atom is -0.496 e. The van der Waals surface area contributed by atoms with E-state index in [0.29, 0.717) is 54.3 Å². The molecule has 2 aromatic rings. The van der Waals surface area contributed by atoms with Crippen LogP contribution >= 0.6 is 11.6 Å². The summed E-state index contributed by atoms with van der Waals surface area (Å²) in [5.74, 6) is 0.828. The molecule has 1 aromatic heterocycles. The number of hydrogen-bond acceptors (Lipinski definition) is 6. The Morgan fingerprint density at radius 1 is 1.39 bits per heavy atom. The van der Waals surface area contributed by atoms with E-state index in [1.54, 1.807) is 18.3 Å². The van der Waals surface area contributed by atoms with Crippen LogP contribution in [0.2, 0.25) is 5.15 Å². The molecule has 23 heavy (non-hydrogen) atoms. The van der Waals surface area contributed by atoms with E-state index in [9.17, 15) is 4.39 Å². The maximum Gasteiger partial charge on any atom is 0.224 e. The number of aromatic nitrogens is 2. The number of benzene rings is 1. The molecule has 0 bridgehead atoms. The molecule has 0 saturated heterocycles. The predicted molar refractivity (Wildman–Crippen MR) is 83.2 cm³/mol. The van der Waals surface area contributed by atoms with E-state index in [1.807, 2.05) is 0 Å². The van der Waals surface area contributed by atoms with Crippen molar-refractivity contribution in [2.45, 2.75) is 6.42 Å². The lowest BCUT2D eigenvalue weighted by molar-refractivity contribution is 0.163. The van der Waals surface area contributed by atoms with Gasteiger partial charge < -0.3 is 19.5 Å². The van der Waals surface area contributed by atoms with Gasteiger partial charge in [-0.05, 0) is 12.5 Å². The van der Waals surface area contributed by atoms with E-state index in [0.717, 1.165) is 0 Å². The average Bonchev–Trinajstić information content (AvgIpc) is 2.57. The quantitative estimate of drug-likeness (QED) is 0.845. The number of nitrogens with zero attached hydrogens (tertiary/aromatic N) is 2. The van der Waals surface area contributed by atoms with Gasteiger partial charge in [-0.2, -0.15) is 0 Å². The van der Waals surface area contributed by atoms with Crippen LogP contribution in [0, 0.1) is 5.82 Å². The standard InChI is InChI=1S/C15H15ClFN3O3/c1-21-10-8-11-14(23-7-6-22-11)13(17)9(10)2-4-18-15-19-5-3-12(16)20-15/h3,5,8H,2,4,6-7H2,1H3,(H,18,19,20). The molecule has 1 aliphatic heterocycles. The van der Waals surface area contributed by atoms with Crippen LogP contribution < -0.4 is 19.5 Å². The van der Waals surface area contributed by atoms with Crippen molar-refractivity contribution in [2.75, 3.05) is 32.2 Å². The summed E-state index contributed by atoms with van der Waals surface area (Å²) >= 11 is 5.79. The normalized spacial score (nSPS) is 12.8. The number of rotatable bonds is 5. The topological polar surface area (TPSA) is 65.5 Å². The molecular formula is C15H15ClFN3O3. The van der Waals surface area contributed by atoms with Crippen molar-refractivity contribution in [2.24, 2.45) is 0 Å². The molecule has 0 fully saturated rings. The fraction of sp³-hybridized carbons (Fsp3) is 0.333. The molecule has 0 saturated carbocycles. The van der Waals surface area contributed by atoms with Crippen LogP contribution in [0.5, 0.6) is 17.2 Å². The Kier molecular flexibility index (Phi) is 4.66. The van der Waals surface area contributed by atoms with Crippen LogP contribution in [0.1, 0.15) is 5.56 Å². The third-order valence-corrected chi connectivity index (χ3v) is 3.55. The lowest BCUT2D eigenvalue weighted by atomic mass is 10.1. The summed E-state index contributed by atoms with van der Waals surface area (Å²) < 4.78 is 30.6. The third-order valence-electron chi connectivity index (χ3n) is 3.33. The van der Waals surface area contributed by atoms with Crippen molar-refractivity contribution in [1.29, 1.82) is 0 Å². The number of hydrogen-bond donors (Lipinski definition) is 1. The summed E-state index contributed by atoms with van der Waals surface area (Å²) in [6.45, 7) is 1.13. The van der Waals surface area contributed by atoms with Gasteiger partial charge in [-0.15, -0.1) is 0 Å². The van der Waals surface area contributed by atoms with Crippen molar-refractivity contribution in [3.8, 4) is 17.2 Å². The highest BCUT2D eigenvalue weighted by molar-refractivity contribution is 6.29. The summed E-state index contributed by atoms with van der Waals surface area (Å²) in [5.41, 5.74) is 0.409. The maximum atomic E-state index is 14.6. The minimum atomic E-state index is -0.465. The van der Waals surface area contributed by atoms with Crippen molar-refractivity contribution >= 4 is 17.5 Å². The number of nitrogens with one attached hydrogen (secondary N) is 1. The van der Waals surface area contributed by atoms with Gasteiger partial charge in [0.15, 0.2) is 17.3 Å². The van der Waals surface area contributed by atoms with Gasteiger partial charge in [-0.1, -0.05) is 11.6 Å². The van der Waals surface area contributed by atoms with Gasteiger partial charge in [-0.25, -0.2) is 14.4 Å². The second-order valence-corrected chi connectivity index (χ2v) is 5.16. The molecule has 2 heterocycles. The SMILES string of the molecule is COc1cc2c(c(F)c1CCNc1nccc(Cl)n1)OCCO2. The maximum absolute atomic E-state index is 14.6. The molecule has 0 radical (unpaired) electrons. The van der Waals surface area contributed by atoms with Gasteiger partial charge >= 0.3 is 0 Å². The largest absolute Gasteiger partial charge is 0.496 e. The minimum absolute atomic E-state index is 0.131. The molecule has 0 aliphatic carbocycles. The van der Waals surface area contributed by atoms with Crippen molar-refractivity contribution in [1.82, 2.24) is 9.97 Å². The van der Waals surface area contributed by atoms with Crippen LogP contribution in [0.3, 0.4) is 0 Å². The molecule has 0 amide bonds. The van der Waals surface area contributed by atoms with Gasteiger partial charge in [0, 0.05) is 24.4 Å². The number of anilines is 1. The van der Waals surface area contributed by atoms with Crippen LogP contribution in [-0.2, 0) is 6.42 Å². The number of halogens is 2. The summed E-state index contributed by atoms with van der Waals surface area (Å²) in [5, 5.41) is 3.33. The molecule has 1 aliphatic rings. The molecular weight excluding hydrogens is 325 g/mol. The zero-order valence-corrected chi connectivity index (χ0v) is 13.2. The molecule has 0 atom stereocenters. The van der Waals surface area contributed by atoms with Gasteiger partial charge in [0.25, 0.3) is 0 Å². The smallest absolute Gasteiger partial charge is 0.224 e. The first kappa shape index (κ1) is 15.6. The van der Waals surface area contributed by atoms with Gasteiger partial charge in [0.05, 0.1) is 7.11 Å². The summed E-state index contributed by atoms with van der Waals surface area (Å²) in [7, 11) is 1.49. The first-order chi connectivity index (χ1) is 11.2. The first-order valence-electron chi connectivity index (χ1n) is 7.06. The van der Waals surface area contributed by atoms with E-state index in [4.69, 9.17) is 25.8 Å². The van der Waals surface area contributed by atoms with Crippen LogP contribution in [0.4, 0.5) is 10.3 Å². The van der Waals surface area contributed by atoms with Crippen molar-refractivity contribution < 1.29 is 18.6 Å². The Morgan fingerprint density at radius 3 is 3.00 bits per heavy atom. The predicted octanol–water partition coefficient (Wildman–Crippen LogP) is 2.70. The highest BCUT2D eigenvalue weighted by Gasteiger charge is 2.23. The summed E-state index contributed by atoms with van der Waals surface area (Å²) in [4.78, 5) is 8.04. The Hall–Kier alpha value is -2.28. The lowest BCUT2D eigenvalue weighted by Gasteiger charge is -2.21. The van der Waals surface area contributed by atoms with E-state index in [-0.39, 0.29) is 5.75 Å². The Morgan fingerprint density at radius 2 is 2.22 bits per heavy atom. The Labute approximate surface area is 137 Å². The molecule has 1 aromatic carbocycles. The molecule has 1 N–H and O–H groups in total. The average molecular weight is 340 g/mol. The highest BCUT2D eigenvalue weighted by Crippen LogP contribution is 2.40. The third kappa shape index (κ3) is 3.39. The van der Waals surface area contributed by atoms with Crippen molar-refractivity contribution in [3.63, 3.8) is 0 Å². The number of ether oxygens (including phenoxy) is 3. The van der Waals surface area contributed by atoms with Gasteiger partial charge in [0.2, 0.25) is 5.95 Å². The molecule has 0 unspecified atom stereocenters. The molecule has 6 nitrogen and oxygen atoms in total. The molecule has 0 spiro atoms. The summed E-state index contributed by atoms with van der Waals surface area (Å²) in [6, 6.07) is 3.22. The highest BCUT2D eigenvalue weighted by atomic mass is 35.5. The van der Waals surface area contributed by atoms with Crippen LogP contribution in [-0.4, -0.2) is 36.8 Å². The van der Waals surface area contributed by atoms with E-state index in [1.165, 1.54) is 7.11 Å². The Bertz CT molecular complexity index is 715.